The highest BCUT2D eigenvalue weighted by Gasteiger charge is 2.17. The van der Waals surface area contributed by atoms with E-state index in [2.05, 4.69) is 10.3 Å². The first kappa shape index (κ1) is 21.8. The Labute approximate surface area is 189 Å². The lowest BCUT2D eigenvalue weighted by Crippen LogP contribution is -2.29. The average Bonchev–Trinajstić information content (AvgIpc) is 2.82. The number of amides is 1. The number of nitrogens with one attached hydrogen (secondary N) is 1. The van der Waals surface area contributed by atoms with Crippen molar-refractivity contribution in [3.63, 3.8) is 0 Å². The molecule has 0 fully saturated rings. The third kappa shape index (κ3) is 4.73. The smallest absolute Gasteiger partial charge is 0.266 e. The van der Waals surface area contributed by atoms with E-state index in [4.69, 9.17) is 0 Å². The third-order valence-corrected chi connectivity index (χ3v) is 6.08. The molecular weight excluding hydrogens is 425 g/mol. The first-order valence-corrected chi connectivity index (χ1v) is 11.2. The molecule has 162 valence electrons. The molecule has 32 heavy (non-hydrogen) atoms. The predicted octanol–water partition coefficient (Wildman–Crippen LogP) is 4.54. The number of carbonyl (C=O) groups is 1. The molecule has 0 radical (unpaired) electrons. The van der Waals surface area contributed by atoms with E-state index in [1.807, 2.05) is 37.3 Å². The van der Waals surface area contributed by atoms with E-state index in [1.165, 1.54) is 16.7 Å². The molecule has 0 bridgehead atoms. The second-order valence-electron chi connectivity index (χ2n) is 7.41. The van der Waals surface area contributed by atoms with Crippen LogP contribution in [-0.4, -0.2) is 27.8 Å². The molecular formula is C25H22FN3O2S. The Balaban J connectivity index is 1.56. The quantitative estimate of drug-likeness (QED) is 0.334. The van der Waals surface area contributed by atoms with E-state index in [0.717, 1.165) is 17.3 Å². The van der Waals surface area contributed by atoms with Crippen molar-refractivity contribution in [1.82, 2.24) is 14.9 Å². The summed E-state index contributed by atoms with van der Waals surface area (Å²) in [7, 11) is 0. The number of aromatic nitrogens is 2. The lowest BCUT2D eigenvalue weighted by atomic mass is 10.0. The lowest BCUT2D eigenvalue weighted by Gasteiger charge is -2.15. The normalized spacial score (nSPS) is 11.9. The zero-order chi connectivity index (χ0) is 22.5. The van der Waals surface area contributed by atoms with Crippen LogP contribution in [0.2, 0.25) is 0 Å². The summed E-state index contributed by atoms with van der Waals surface area (Å²) in [6.45, 7) is 2.54. The van der Waals surface area contributed by atoms with E-state index in [1.54, 1.807) is 36.4 Å². The summed E-state index contributed by atoms with van der Waals surface area (Å²) in [4.78, 5) is 30.2. The topological polar surface area (TPSA) is 64.0 Å². The predicted molar refractivity (Wildman–Crippen MR) is 126 cm³/mol. The second-order valence-corrected chi connectivity index (χ2v) is 8.35. The molecule has 0 aliphatic rings. The molecule has 0 spiro atoms. The Bertz CT molecular complexity index is 1310. The Hall–Kier alpha value is -3.45. The van der Waals surface area contributed by atoms with Gasteiger partial charge in [-0.15, -0.1) is 0 Å². The number of rotatable bonds is 7. The van der Waals surface area contributed by atoms with Gasteiger partial charge in [-0.1, -0.05) is 73.3 Å². The number of hydrogen-bond donors (Lipinski definition) is 1. The number of para-hydroxylation sites is 2. The van der Waals surface area contributed by atoms with Crippen molar-refractivity contribution >= 4 is 28.6 Å². The summed E-state index contributed by atoms with van der Waals surface area (Å²) in [6, 6.07) is 22.9. The Morgan fingerprint density at radius 2 is 1.72 bits per heavy atom. The van der Waals surface area contributed by atoms with E-state index in [9.17, 15) is 14.0 Å². The molecule has 1 aromatic heterocycles. The van der Waals surface area contributed by atoms with Gasteiger partial charge < -0.3 is 5.32 Å². The van der Waals surface area contributed by atoms with Crippen molar-refractivity contribution in [2.24, 2.45) is 0 Å². The minimum absolute atomic E-state index is 0.0563. The highest BCUT2D eigenvalue weighted by atomic mass is 32.2. The molecule has 0 aliphatic carbocycles. The van der Waals surface area contributed by atoms with Crippen LogP contribution in [0.15, 0.2) is 88.8 Å². The number of benzene rings is 3. The van der Waals surface area contributed by atoms with Crippen molar-refractivity contribution < 1.29 is 9.18 Å². The van der Waals surface area contributed by atoms with Crippen LogP contribution in [0.1, 0.15) is 18.4 Å². The van der Waals surface area contributed by atoms with Crippen LogP contribution >= 0.6 is 11.8 Å². The van der Waals surface area contributed by atoms with Crippen LogP contribution < -0.4 is 10.9 Å². The van der Waals surface area contributed by atoms with Gasteiger partial charge in [-0.05, 0) is 35.7 Å². The van der Waals surface area contributed by atoms with Gasteiger partial charge >= 0.3 is 0 Å². The largest absolute Gasteiger partial charge is 0.355 e. The number of halogens is 1. The van der Waals surface area contributed by atoms with E-state index in [-0.39, 0.29) is 34.0 Å². The Morgan fingerprint density at radius 3 is 2.50 bits per heavy atom. The molecule has 1 amide bonds. The molecule has 1 unspecified atom stereocenters. The zero-order valence-electron chi connectivity index (χ0n) is 17.5. The summed E-state index contributed by atoms with van der Waals surface area (Å²) < 4.78 is 15.8. The minimum atomic E-state index is -0.533. The maximum Gasteiger partial charge on any atom is 0.266 e. The van der Waals surface area contributed by atoms with Gasteiger partial charge in [-0.25, -0.2) is 9.37 Å². The van der Waals surface area contributed by atoms with Crippen molar-refractivity contribution in [3.8, 4) is 5.69 Å². The average molecular weight is 448 g/mol. The van der Waals surface area contributed by atoms with E-state index < -0.39 is 5.82 Å². The molecule has 1 atom stereocenters. The highest BCUT2D eigenvalue weighted by molar-refractivity contribution is 7.99. The van der Waals surface area contributed by atoms with Crippen molar-refractivity contribution in [1.29, 1.82) is 0 Å². The summed E-state index contributed by atoms with van der Waals surface area (Å²) in [5, 5.41) is 3.58. The SMILES string of the molecule is CC(CNC(=O)CSc1nc2ccccc2c(=O)n1-c1ccccc1F)c1ccccc1. The monoisotopic (exact) mass is 447 g/mol. The Morgan fingerprint density at radius 1 is 1.03 bits per heavy atom. The summed E-state index contributed by atoms with van der Waals surface area (Å²) in [6.07, 6.45) is 0. The number of thioether (sulfide) groups is 1. The van der Waals surface area contributed by atoms with Crippen LogP contribution in [0.4, 0.5) is 4.39 Å². The summed E-state index contributed by atoms with van der Waals surface area (Å²) in [5.41, 5.74) is 1.38. The van der Waals surface area contributed by atoms with Gasteiger partial charge in [0.1, 0.15) is 5.82 Å². The molecule has 0 saturated heterocycles. The van der Waals surface area contributed by atoms with Crippen molar-refractivity contribution in [3.05, 3.63) is 101 Å². The molecule has 5 nitrogen and oxygen atoms in total. The molecule has 1 N–H and O–H groups in total. The fourth-order valence-electron chi connectivity index (χ4n) is 3.40. The van der Waals surface area contributed by atoms with E-state index >= 15 is 0 Å². The van der Waals surface area contributed by atoms with Gasteiger partial charge in [0.05, 0.1) is 22.3 Å². The first-order valence-electron chi connectivity index (χ1n) is 10.3. The zero-order valence-corrected chi connectivity index (χ0v) is 18.3. The van der Waals surface area contributed by atoms with Gasteiger partial charge in [0.2, 0.25) is 5.91 Å². The van der Waals surface area contributed by atoms with Gasteiger partial charge in [-0.2, -0.15) is 0 Å². The van der Waals surface area contributed by atoms with Crippen LogP contribution in [0, 0.1) is 5.82 Å². The fraction of sp³-hybridized carbons (Fsp3) is 0.160. The number of nitrogens with zero attached hydrogens (tertiary/aromatic N) is 2. The third-order valence-electron chi connectivity index (χ3n) is 5.14. The van der Waals surface area contributed by atoms with Crippen LogP contribution in [-0.2, 0) is 4.79 Å². The van der Waals surface area contributed by atoms with Gasteiger partial charge in [0.15, 0.2) is 5.16 Å². The van der Waals surface area contributed by atoms with Gasteiger partial charge in [-0.3, -0.25) is 14.2 Å². The van der Waals surface area contributed by atoms with Crippen LogP contribution in [0.5, 0.6) is 0 Å². The second kappa shape index (κ2) is 9.78. The van der Waals surface area contributed by atoms with E-state index in [0.29, 0.717) is 17.4 Å². The van der Waals surface area contributed by atoms with Gasteiger partial charge in [0, 0.05) is 6.54 Å². The van der Waals surface area contributed by atoms with Gasteiger partial charge in [0.25, 0.3) is 5.56 Å². The molecule has 1 heterocycles. The van der Waals surface area contributed by atoms with Crippen LogP contribution in [0.3, 0.4) is 0 Å². The number of hydrogen-bond acceptors (Lipinski definition) is 4. The maximum atomic E-state index is 14.5. The van der Waals surface area contributed by atoms with Crippen LogP contribution in [0.25, 0.3) is 16.6 Å². The lowest BCUT2D eigenvalue weighted by molar-refractivity contribution is -0.118. The Kier molecular flexibility index (Phi) is 6.66. The first-order chi connectivity index (χ1) is 15.5. The van der Waals surface area contributed by atoms with Crippen molar-refractivity contribution in [2.45, 2.75) is 18.0 Å². The molecule has 7 heteroatoms. The summed E-state index contributed by atoms with van der Waals surface area (Å²) >= 11 is 1.11. The summed E-state index contributed by atoms with van der Waals surface area (Å²) in [5.74, 6) is -0.490. The highest BCUT2D eigenvalue weighted by Crippen LogP contribution is 2.23. The number of carbonyl (C=O) groups excluding carboxylic acids is 1. The molecule has 3 aromatic carbocycles. The minimum Gasteiger partial charge on any atom is -0.355 e. The maximum absolute atomic E-state index is 14.5. The molecule has 4 aromatic rings. The molecule has 4 rings (SSSR count). The number of fused-ring (bicyclic) bond motifs is 1. The standard InChI is InChI=1S/C25H22FN3O2S/c1-17(18-9-3-2-4-10-18)15-27-23(30)16-32-25-28-21-13-7-5-11-19(21)24(31)29(25)22-14-8-6-12-20(22)26/h2-14,17H,15-16H2,1H3,(H,27,30). The van der Waals surface area contributed by atoms with Crippen molar-refractivity contribution in [2.75, 3.05) is 12.3 Å². The molecule has 0 aliphatic heterocycles. The fourth-order valence-corrected chi connectivity index (χ4v) is 4.24. The molecule has 0 saturated carbocycles.